The number of carbonyl (C=O) groups excluding carboxylic acids is 6. The van der Waals surface area contributed by atoms with Gasteiger partial charge >= 0.3 is 35.8 Å². The van der Waals surface area contributed by atoms with E-state index >= 15 is 0 Å². The summed E-state index contributed by atoms with van der Waals surface area (Å²) in [5.41, 5.74) is 8.01. The minimum Gasteiger partial charge on any atom is -0.493 e. The third kappa shape index (κ3) is 37.9. The zero-order valence-corrected chi connectivity index (χ0v) is 77.9. The van der Waals surface area contributed by atoms with Crippen molar-refractivity contribution in [2.75, 3.05) is 103 Å². The van der Waals surface area contributed by atoms with Gasteiger partial charge in [0.05, 0.1) is 38.2 Å². The molecule has 126 heavy (non-hydrogen) atoms. The van der Waals surface area contributed by atoms with E-state index < -0.39 is 66.5 Å². The van der Waals surface area contributed by atoms with Crippen LogP contribution in [0.15, 0.2) is 194 Å². The maximum absolute atomic E-state index is 11.3. The van der Waals surface area contributed by atoms with Crippen LogP contribution in [-0.2, 0) is 78.8 Å². The molecule has 0 unspecified atom stereocenters. The Bertz CT molecular complexity index is 4370. The average Bonchev–Trinajstić information content (AvgIpc) is 0.817. The van der Waals surface area contributed by atoms with Crippen molar-refractivity contribution >= 4 is 82.2 Å². The Morgan fingerprint density at radius 2 is 0.452 bits per heavy atom. The van der Waals surface area contributed by atoms with Crippen LogP contribution in [0.25, 0.3) is 0 Å². The molecule has 8 aromatic carbocycles. The van der Waals surface area contributed by atoms with Gasteiger partial charge in [-0.1, -0.05) is 166 Å². The summed E-state index contributed by atoms with van der Waals surface area (Å²) >= 11 is 23.3. The van der Waals surface area contributed by atoms with Crippen molar-refractivity contribution in [3.63, 3.8) is 0 Å². The molecule has 8 rings (SSSR count). The number of hydrogen-bond donors (Lipinski definition) is 4. The van der Waals surface area contributed by atoms with Gasteiger partial charge in [-0.2, -0.15) is 0 Å². The third-order valence-corrected chi connectivity index (χ3v) is 21.6. The molecule has 8 aromatic rings. The first-order valence-electron chi connectivity index (χ1n) is 41.4. The first-order valence-corrected chi connectivity index (χ1v) is 43.5. The number of ether oxygens (including phenoxy) is 14. The van der Waals surface area contributed by atoms with E-state index in [-0.39, 0.29) is 105 Å². The normalized spacial score (nSPS) is 13.2. The van der Waals surface area contributed by atoms with E-state index in [9.17, 15) is 44.1 Å². The average molecular weight is 1830 g/mol. The number of halogens is 4. The van der Waals surface area contributed by atoms with Crippen molar-refractivity contribution in [3.8, 4) is 46.0 Å². The predicted octanol–water partition coefficient (Wildman–Crippen LogP) is 16.9. The molecule has 0 amide bonds. The summed E-state index contributed by atoms with van der Waals surface area (Å²) < 4.78 is 75.3. The van der Waals surface area contributed by atoms with Gasteiger partial charge in [-0.25, -0.2) is 0 Å². The van der Waals surface area contributed by atoms with E-state index in [2.05, 4.69) is 86.6 Å². The molecular formula is C98H124Cl4O24. The fourth-order valence-electron chi connectivity index (χ4n) is 12.0. The van der Waals surface area contributed by atoms with E-state index in [0.717, 1.165) is 50.4 Å². The van der Waals surface area contributed by atoms with Crippen LogP contribution in [0.5, 0.6) is 46.0 Å². The lowest BCUT2D eigenvalue weighted by Crippen LogP contribution is -2.29. The van der Waals surface area contributed by atoms with E-state index in [1.54, 1.807) is 0 Å². The lowest BCUT2D eigenvalue weighted by molar-refractivity contribution is -0.158. The molecule has 0 spiro atoms. The van der Waals surface area contributed by atoms with Gasteiger partial charge in [0.25, 0.3) is 0 Å². The highest BCUT2D eigenvalue weighted by atomic mass is 35.5. The van der Waals surface area contributed by atoms with Crippen molar-refractivity contribution in [2.24, 2.45) is 11.8 Å². The number of alkyl halides is 4. The van der Waals surface area contributed by atoms with Gasteiger partial charge in [0.15, 0.2) is 12.2 Å². The Hall–Kier alpha value is -10.0. The second-order valence-corrected chi connectivity index (χ2v) is 33.4. The van der Waals surface area contributed by atoms with Gasteiger partial charge in [0.1, 0.15) is 123 Å². The molecule has 0 bridgehead atoms. The molecule has 0 saturated carbocycles. The second kappa shape index (κ2) is 54.2. The van der Waals surface area contributed by atoms with Gasteiger partial charge in [-0.15, -0.1) is 46.4 Å². The molecule has 28 heteroatoms. The lowest BCUT2D eigenvalue weighted by atomic mass is 9.78. The Morgan fingerprint density at radius 1 is 0.254 bits per heavy atom. The van der Waals surface area contributed by atoms with Crippen LogP contribution >= 0.6 is 46.4 Å². The standard InChI is InChI=1S/C26H33ClO6.C25H31ClO7.C24H31ClO5.C23H29ClO6/c1-18(14-27)15-31-23-10-6-21(7-11-23)26(4,5)22-8-12-24(13-9-22)32-17-25(33-20(3)29)16-30-19(2)28;1-17(27)30-14-21(29)15-31-22-9-5-19(6-10-22)25(3,4)20-7-11-23(12-8-20)32-16-24(13-26)33-18(2)28;1-17(13-25)15-28-21-9-5-19(6-10-21)24(3,4)20-7-11-22(12-8-20)29-16-23(14-26)30-18(2)27;1-16(26)30-22(12-24)15-29-21-10-6-18(7-11-21)23(2,3)17-4-8-20(9-5-17)28-14-19(27)13-25/h6-13,18,25H,14-17H2,1-5H3;5-12,21,24,29H,13-16H2,1-4H3;5-12,17,23,26H,13-16H2,1-4H3;4-11,19,22,25,27H,12-15H2,1-3H3/t18-,25-;21-,24-;17-,23-;19-,22-/m1111/s1. The fraction of sp³-hybridized carbons (Fsp3) is 0.449. The predicted molar refractivity (Wildman–Crippen MR) is 487 cm³/mol. The van der Waals surface area contributed by atoms with Crippen LogP contribution in [0.3, 0.4) is 0 Å². The highest BCUT2D eigenvalue weighted by Crippen LogP contribution is 2.38. The molecule has 0 radical (unpaired) electrons. The number of esters is 6. The lowest BCUT2D eigenvalue weighted by Gasteiger charge is -2.26. The van der Waals surface area contributed by atoms with E-state index in [1.807, 2.05) is 177 Å². The summed E-state index contributed by atoms with van der Waals surface area (Å²) in [6, 6.07) is 62.6. The minimum atomic E-state index is -0.893. The van der Waals surface area contributed by atoms with Crippen LogP contribution < -0.4 is 37.9 Å². The zero-order chi connectivity index (χ0) is 93.2. The van der Waals surface area contributed by atoms with Crippen molar-refractivity contribution in [3.05, 3.63) is 239 Å². The SMILES string of the molecule is CC(=O)OC[C@@H](O)COc1ccc(C(C)(C)c2ccc(OC[C@@H](CCl)OC(C)=O)cc2)cc1.CC(=O)OC[C@H](COc1ccc(C(C)(C)c2ccc(OC[C@H](C)CCl)cc2)cc1)OC(C)=O.CC(=O)O[C@H](CCl)COc1ccc(C(C)(C)c2ccc(OC[C@H](O)CO)cc2)cc1.CC(=O)O[C@H](CO)COc1ccc(C(C)(C)c2ccc(OC[C@H](C)CCl)cc2)cc1. The summed E-state index contributed by atoms with van der Waals surface area (Å²) in [7, 11) is 0. The number of carbonyl (C=O) groups is 6. The van der Waals surface area contributed by atoms with Crippen molar-refractivity contribution < 1.29 is 116 Å². The Balaban J connectivity index is 0.000000298. The Kier molecular flexibility index (Phi) is 45.8. The van der Waals surface area contributed by atoms with Gasteiger partial charge < -0.3 is 86.7 Å². The van der Waals surface area contributed by atoms with E-state index in [1.165, 1.54) is 47.1 Å². The molecule has 4 N–H and O–H groups in total. The maximum Gasteiger partial charge on any atom is 0.303 e. The molecule has 688 valence electrons. The number of aliphatic hydroxyl groups is 4. The smallest absolute Gasteiger partial charge is 0.303 e. The van der Waals surface area contributed by atoms with E-state index in [0.29, 0.717) is 71.3 Å². The second-order valence-electron chi connectivity index (χ2n) is 32.2. The summed E-state index contributed by atoms with van der Waals surface area (Å²) in [4.78, 5) is 66.2. The van der Waals surface area contributed by atoms with Crippen LogP contribution in [-0.4, -0.2) is 196 Å². The Morgan fingerprint density at radius 3 is 0.667 bits per heavy atom. The number of hydrogen-bond acceptors (Lipinski definition) is 24. The van der Waals surface area contributed by atoms with Crippen LogP contribution in [0.1, 0.15) is 155 Å². The van der Waals surface area contributed by atoms with Crippen LogP contribution in [0, 0.1) is 11.8 Å². The monoisotopic (exact) mass is 1820 g/mol. The minimum absolute atomic E-state index is 0.0273. The zero-order valence-electron chi connectivity index (χ0n) is 74.9. The van der Waals surface area contributed by atoms with Crippen molar-refractivity contribution in [2.45, 2.75) is 169 Å². The molecule has 8 atom stereocenters. The molecule has 0 aromatic heterocycles. The van der Waals surface area contributed by atoms with Crippen molar-refractivity contribution in [1.82, 2.24) is 0 Å². The molecule has 0 fully saturated rings. The molecule has 24 nitrogen and oxygen atoms in total. The largest absolute Gasteiger partial charge is 0.493 e. The maximum atomic E-state index is 11.3. The molecule has 0 saturated heterocycles. The summed E-state index contributed by atoms with van der Waals surface area (Å²) in [6.07, 6.45) is -4.11. The number of rotatable bonds is 46. The number of benzene rings is 8. The summed E-state index contributed by atoms with van der Waals surface area (Å²) in [6.45, 7) is 30.2. The van der Waals surface area contributed by atoms with Gasteiger partial charge in [-0.3, -0.25) is 28.8 Å². The first kappa shape index (κ1) is 107. The molecular weight excluding hydrogens is 1700 g/mol. The third-order valence-electron chi connectivity index (χ3n) is 19.9. The first-order chi connectivity index (χ1) is 59.7. The number of aliphatic hydroxyl groups excluding tert-OH is 4. The molecule has 0 aliphatic heterocycles. The van der Waals surface area contributed by atoms with Gasteiger partial charge in [0, 0.05) is 86.8 Å². The topological polar surface area (TPSA) is 313 Å². The Labute approximate surface area is 761 Å². The van der Waals surface area contributed by atoms with Crippen LogP contribution in [0.2, 0.25) is 0 Å². The van der Waals surface area contributed by atoms with Gasteiger partial charge in [-0.05, 0) is 142 Å². The van der Waals surface area contributed by atoms with Gasteiger partial charge in [0.2, 0.25) is 0 Å². The molecule has 0 aliphatic rings. The highest BCUT2D eigenvalue weighted by molar-refractivity contribution is 6.18. The molecule has 0 heterocycles. The fourth-order valence-corrected chi connectivity index (χ4v) is 12.5. The summed E-state index contributed by atoms with van der Waals surface area (Å²) in [5, 5.41) is 37.3. The molecule has 0 aliphatic carbocycles. The van der Waals surface area contributed by atoms with E-state index in [4.69, 9.17) is 118 Å². The van der Waals surface area contributed by atoms with Crippen LogP contribution in [0.4, 0.5) is 0 Å². The highest BCUT2D eigenvalue weighted by Gasteiger charge is 2.29. The summed E-state index contributed by atoms with van der Waals surface area (Å²) in [5.74, 6) is 5.04. The quantitative estimate of drug-likeness (QED) is 0.0156. The van der Waals surface area contributed by atoms with Crippen molar-refractivity contribution in [1.29, 1.82) is 0 Å².